The lowest BCUT2D eigenvalue weighted by Gasteiger charge is -2.26. The summed E-state index contributed by atoms with van der Waals surface area (Å²) in [5, 5.41) is 6.82. The van der Waals surface area contributed by atoms with Crippen molar-refractivity contribution in [3.63, 3.8) is 0 Å². The van der Waals surface area contributed by atoms with Crippen molar-refractivity contribution in [2.45, 2.75) is 13.0 Å². The average Bonchev–Trinajstić information content (AvgIpc) is 2.77. The number of carbonyl (C=O) groups excluding carboxylic acids is 1. The molecule has 0 atom stereocenters. The van der Waals surface area contributed by atoms with E-state index in [-0.39, 0.29) is 11.7 Å². The smallest absolute Gasteiger partial charge is 0.225 e. The van der Waals surface area contributed by atoms with Gasteiger partial charge >= 0.3 is 0 Å². The number of fused-ring (bicyclic) bond motifs is 1. The molecule has 7 nitrogen and oxygen atoms in total. The maximum Gasteiger partial charge on any atom is 0.225 e. The molecule has 4 rings (SSSR count). The SMILES string of the molecule is O=C(CCN1CCOCC1)Nc1cccc(CNc2ncnc3ccc(F)cc23)c1. The van der Waals surface area contributed by atoms with Crippen LogP contribution >= 0.6 is 0 Å². The second-order valence-electron chi connectivity index (χ2n) is 7.19. The van der Waals surface area contributed by atoms with Gasteiger partial charge < -0.3 is 15.4 Å². The Morgan fingerprint density at radius 3 is 2.87 bits per heavy atom. The Morgan fingerprint density at radius 1 is 1.13 bits per heavy atom. The van der Waals surface area contributed by atoms with Gasteiger partial charge in [0.05, 0.1) is 18.7 Å². The highest BCUT2D eigenvalue weighted by Crippen LogP contribution is 2.21. The van der Waals surface area contributed by atoms with Gasteiger partial charge in [0.25, 0.3) is 0 Å². The standard InChI is InChI=1S/C22H24FN5O2/c23-17-4-5-20-19(13-17)22(26-15-25-20)24-14-16-2-1-3-18(12-16)27-21(29)6-7-28-8-10-30-11-9-28/h1-5,12-13,15H,6-11,14H2,(H,27,29)(H,24,25,26). The Balaban J connectivity index is 1.34. The zero-order chi connectivity index (χ0) is 20.8. The zero-order valence-electron chi connectivity index (χ0n) is 16.6. The van der Waals surface area contributed by atoms with Crippen LogP contribution in [0.4, 0.5) is 15.9 Å². The van der Waals surface area contributed by atoms with Crippen molar-refractivity contribution in [3.05, 3.63) is 60.2 Å². The van der Waals surface area contributed by atoms with E-state index in [0.717, 1.165) is 44.1 Å². The molecule has 0 spiro atoms. The summed E-state index contributed by atoms with van der Waals surface area (Å²) in [7, 11) is 0. The van der Waals surface area contributed by atoms with E-state index in [0.29, 0.717) is 29.7 Å². The number of halogens is 1. The summed E-state index contributed by atoms with van der Waals surface area (Å²) in [6, 6.07) is 12.1. The number of hydrogen-bond donors (Lipinski definition) is 2. The number of amides is 1. The molecule has 2 N–H and O–H groups in total. The summed E-state index contributed by atoms with van der Waals surface area (Å²) < 4.78 is 18.9. The number of benzene rings is 2. The molecule has 1 aliphatic heterocycles. The first-order valence-electron chi connectivity index (χ1n) is 10.0. The van der Waals surface area contributed by atoms with Crippen molar-refractivity contribution in [1.82, 2.24) is 14.9 Å². The number of anilines is 2. The highest BCUT2D eigenvalue weighted by atomic mass is 19.1. The lowest BCUT2D eigenvalue weighted by molar-refractivity contribution is -0.116. The van der Waals surface area contributed by atoms with Gasteiger partial charge in [0.2, 0.25) is 5.91 Å². The van der Waals surface area contributed by atoms with Crippen LogP contribution in [0, 0.1) is 5.82 Å². The maximum absolute atomic E-state index is 13.6. The minimum absolute atomic E-state index is 0.0103. The first kappa shape index (κ1) is 20.2. The minimum atomic E-state index is -0.331. The van der Waals surface area contributed by atoms with Crippen LogP contribution in [0.3, 0.4) is 0 Å². The molecule has 0 aliphatic carbocycles. The summed E-state index contributed by atoms with van der Waals surface area (Å²) in [5.41, 5.74) is 2.40. The van der Waals surface area contributed by atoms with Crippen molar-refractivity contribution in [2.24, 2.45) is 0 Å². The second kappa shape index (κ2) is 9.60. The highest BCUT2D eigenvalue weighted by molar-refractivity contribution is 5.91. The van der Waals surface area contributed by atoms with E-state index < -0.39 is 0 Å². The predicted octanol–water partition coefficient (Wildman–Crippen LogP) is 3.04. The van der Waals surface area contributed by atoms with E-state index in [2.05, 4.69) is 25.5 Å². The monoisotopic (exact) mass is 409 g/mol. The quantitative estimate of drug-likeness (QED) is 0.625. The van der Waals surface area contributed by atoms with Crippen LogP contribution in [0.5, 0.6) is 0 Å². The number of aromatic nitrogens is 2. The Hall–Kier alpha value is -3.10. The third-order valence-electron chi connectivity index (χ3n) is 5.03. The van der Waals surface area contributed by atoms with E-state index in [1.54, 1.807) is 6.07 Å². The normalized spacial score (nSPS) is 14.6. The summed E-state index contributed by atoms with van der Waals surface area (Å²) in [6.07, 6.45) is 1.90. The molecular weight excluding hydrogens is 385 g/mol. The van der Waals surface area contributed by atoms with Crippen molar-refractivity contribution in [2.75, 3.05) is 43.5 Å². The number of carbonyl (C=O) groups is 1. The van der Waals surface area contributed by atoms with E-state index >= 15 is 0 Å². The van der Waals surface area contributed by atoms with Gasteiger partial charge in [-0.25, -0.2) is 14.4 Å². The van der Waals surface area contributed by atoms with Gasteiger partial charge in [0, 0.05) is 43.7 Å². The van der Waals surface area contributed by atoms with Gasteiger partial charge in [-0.1, -0.05) is 12.1 Å². The highest BCUT2D eigenvalue weighted by Gasteiger charge is 2.12. The molecule has 2 aromatic carbocycles. The summed E-state index contributed by atoms with van der Waals surface area (Å²) in [4.78, 5) is 22.9. The molecule has 0 saturated carbocycles. The van der Waals surface area contributed by atoms with Crippen LogP contribution in [0.1, 0.15) is 12.0 Å². The molecule has 0 bridgehead atoms. The van der Waals surface area contributed by atoms with Gasteiger partial charge in [0.15, 0.2) is 0 Å². The van der Waals surface area contributed by atoms with Crippen LogP contribution in [0.2, 0.25) is 0 Å². The summed E-state index contributed by atoms with van der Waals surface area (Å²) >= 11 is 0. The van der Waals surface area contributed by atoms with E-state index in [1.807, 2.05) is 24.3 Å². The van der Waals surface area contributed by atoms with Crippen LogP contribution in [0.25, 0.3) is 10.9 Å². The third-order valence-corrected chi connectivity index (χ3v) is 5.03. The molecule has 30 heavy (non-hydrogen) atoms. The molecule has 1 amide bonds. The molecule has 1 saturated heterocycles. The molecule has 8 heteroatoms. The molecule has 0 radical (unpaired) electrons. The fraction of sp³-hybridized carbons (Fsp3) is 0.318. The lowest BCUT2D eigenvalue weighted by atomic mass is 10.2. The molecule has 3 aromatic rings. The third kappa shape index (κ3) is 5.28. The molecule has 0 unspecified atom stereocenters. The van der Waals surface area contributed by atoms with Crippen molar-refractivity contribution >= 4 is 28.3 Å². The van der Waals surface area contributed by atoms with Crippen molar-refractivity contribution in [1.29, 1.82) is 0 Å². The van der Waals surface area contributed by atoms with Crippen molar-refractivity contribution < 1.29 is 13.9 Å². The van der Waals surface area contributed by atoms with Crippen LogP contribution in [-0.4, -0.2) is 53.6 Å². The number of hydrogen-bond acceptors (Lipinski definition) is 6. The van der Waals surface area contributed by atoms with E-state index in [4.69, 9.17) is 4.74 Å². The summed E-state index contributed by atoms with van der Waals surface area (Å²) in [5.74, 6) is 0.227. The Bertz CT molecular complexity index is 1020. The number of ether oxygens (including phenoxy) is 1. The Morgan fingerprint density at radius 2 is 2.00 bits per heavy atom. The van der Waals surface area contributed by atoms with Crippen molar-refractivity contribution in [3.8, 4) is 0 Å². The number of morpholine rings is 1. The first-order valence-corrected chi connectivity index (χ1v) is 10.0. The first-order chi connectivity index (χ1) is 14.7. The van der Waals surface area contributed by atoms with E-state index in [9.17, 15) is 9.18 Å². The zero-order valence-corrected chi connectivity index (χ0v) is 16.6. The van der Waals surface area contributed by atoms with Crippen LogP contribution < -0.4 is 10.6 Å². The number of nitrogens with one attached hydrogen (secondary N) is 2. The fourth-order valence-corrected chi connectivity index (χ4v) is 3.42. The lowest BCUT2D eigenvalue weighted by Crippen LogP contribution is -2.38. The average molecular weight is 409 g/mol. The molecular formula is C22H24FN5O2. The largest absolute Gasteiger partial charge is 0.379 e. The van der Waals surface area contributed by atoms with Crippen LogP contribution in [-0.2, 0) is 16.1 Å². The molecule has 1 fully saturated rings. The minimum Gasteiger partial charge on any atom is -0.379 e. The Kier molecular flexibility index (Phi) is 6.46. The van der Waals surface area contributed by atoms with Crippen LogP contribution in [0.15, 0.2) is 48.8 Å². The predicted molar refractivity (Wildman–Crippen MR) is 114 cm³/mol. The number of nitrogens with zero attached hydrogens (tertiary/aromatic N) is 3. The van der Waals surface area contributed by atoms with Gasteiger partial charge in [-0.3, -0.25) is 9.69 Å². The molecule has 1 aliphatic rings. The number of rotatable bonds is 7. The Labute approximate surface area is 174 Å². The fourth-order valence-electron chi connectivity index (χ4n) is 3.42. The summed E-state index contributed by atoms with van der Waals surface area (Å²) in [6.45, 7) is 4.41. The van der Waals surface area contributed by atoms with Gasteiger partial charge in [0.1, 0.15) is 18.0 Å². The molecule has 2 heterocycles. The van der Waals surface area contributed by atoms with E-state index in [1.165, 1.54) is 18.5 Å². The van der Waals surface area contributed by atoms with Gasteiger partial charge in [-0.15, -0.1) is 0 Å². The molecule has 1 aromatic heterocycles. The maximum atomic E-state index is 13.6. The van der Waals surface area contributed by atoms with Gasteiger partial charge in [-0.05, 0) is 35.9 Å². The topological polar surface area (TPSA) is 79.4 Å². The molecule has 156 valence electrons. The second-order valence-corrected chi connectivity index (χ2v) is 7.19. The van der Waals surface area contributed by atoms with Gasteiger partial charge in [-0.2, -0.15) is 0 Å².